The van der Waals surface area contributed by atoms with E-state index < -0.39 is 10.0 Å². The molecule has 0 saturated carbocycles. The highest BCUT2D eigenvalue weighted by Gasteiger charge is 2.16. The second-order valence-corrected chi connectivity index (χ2v) is 6.62. The molecule has 0 radical (unpaired) electrons. The summed E-state index contributed by atoms with van der Waals surface area (Å²) in [5, 5.41) is 0.392. The van der Waals surface area contributed by atoms with Gasteiger partial charge < -0.3 is 5.73 Å². The van der Waals surface area contributed by atoms with Gasteiger partial charge >= 0.3 is 0 Å². The molecule has 1 aromatic heterocycles. The van der Waals surface area contributed by atoms with Crippen LogP contribution in [-0.2, 0) is 10.0 Å². The van der Waals surface area contributed by atoms with Crippen LogP contribution >= 0.6 is 27.5 Å². The lowest BCUT2D eigenvalue weighted by Crippen LogP contribution is -2.14. The Morgan fingerprint density at radius 3 is 2.63 bits per heavy atom. The summed E-state index contributed by atoms with van der Waals surface area (Å²) in [5.41, 5.74) is 5.99. The third-order valence-corrected chi connectivity index (χ3v) is 4.55. The van der Waals surface area contributed by atoms with Crippen LogP contribution in [0.2, 0.25) is 5.02 Å². The summed E-state index contributed by atoms with van der Waals surface area (Å²) < 4.78 is 27.2. The first kappa shape index (κ1) is 14.1. The molecular formula is C11H9BrClN3O2S. The molecule has 5 nitrogen and oxygen atoms in total. The van der Waals surface area contributed by atoms with Gasteiger partial charge in [-0.3, -0.25) is 4.72 Å². The predicted octanol–water partition coefficient (Wildman–Crippen LogP) is 2.88. The van der Waals surface area contributed by atoms with Crippen molar-refractivity contribution in [2.75, 3.05) is 10.5 Å². The summed E-state index contributed by atoms with van der Waals surface area (Å²) in [4.78, 5) is 3.93. The molecule has 0 fully saturated rings. The summed E-state index contributed by atoms with van der Waals surface area (Å²) in [7, 11) is -3.74. The van der Waals surface area contributed by atoms with E-state index in [0.717, 1.165) is 0 Å². The molecule has 0 spiro atoms. The SMILES string of the molecule is Nc1cc(S(=O)(=O)Nc2cc(Cl)ccn2)ccc1Br. The molecule has 19 heavy (non-hydrogen) atoms. The molecule has 8 heteroatoms. The van der Waals surface area contributed by atoms with E-state index in [9.17, 15) is 8.42 Å². The molecule has 0 atom stereocenters. The summed E-state index contributed by atoms with van der Waals surface area (Å²) in [5.74, 6) is 0.147. The average molecular weight is 363 g/mol. The van der Waals surface area contributed by atoms with Crippen LogP contribution in [0.5, 0.6) is 0 Å². The molecule has 0 unspecified atom stereocenters. The number of sulfonamides is 1. The van der Waals surface area contributed by atoms with Gasteiger partial charge in [0.15, 0.2) is 0 Å². The van der Waals surface area contributed by atoms with Gasteiger partial charge in [-0.1, -0.05) is 11.6 Å². The fourth-order valence-corrected chi connectivity index (χ4v) is 2.79. The number of pyridine rings is 1. The molecule has 0 saturated heterocycles. The van der Waals surface area contributed by atoms with Crippen LogP contribution < -0.4 is 10.5 Å². The maximum Gasteiger partial charge on any atom is 0.263 e. The Balaban J connectivity index is 2.35. The number of rotatable bonds is 3. The van der Waals surface area contributed by atoms with Crippen LogP contribution in [0.25, 0.3) is 0 Å². The molecule has 1 aromatic carbocycles. The standard InChI is InChI=1S/C11H9BrClN3O2S/c12-9-2-1-8(6-10(9)14)19(17,18)16-11-5-7(13)3-4-15-11/h1-6H,14H2,(H,15,16). The van der Waals surface area contributed by atoms with Crippen LogP contribution in [0.4, 0.5) is 11.5 Å². The number of anilines is 2. The van der Waals surface area contributed by atoms with Gasteiger partial charge in [0, 0.05) is 27.4 Å². The zero-order valence-corrected chi connectivity index (χ0v) is 12.6. The lowest BCUT2D eigenvalue weighted by Gasteiger charge is -2.08. The lowest BCUT2D eigenvalue weighted by molar-refractivity contribution is 0.601. The second-order valence-electron chi connectivity index (χ2n) is 3.65. The monoisotopic (exact) mass is 361 g/mol. The molecule has 0 amide bonds. The Morgan fingerprint density at radius 1 is 1.26 bits per heavy atom. The van der Waals surface area contributed by atoms with E-state index >= 15 is 0 Å². The molecule has 1 heterocycles. The van der Waals surface area contributed by atoms with Gasteiger partial charge in [0.1, 0.15) is 5.82 Å². The molecule has 0 aliphatic heterocycles. The number of halogens is 2. The first-order valence-corrected chi connectivity index (χ1v) is 7.73. The third kappa shape index (κ3) is 3.37. The van der Waals surface area contributed by atoms with Crippen molar-refractivity contribution < 1.29 is 8.42 Å². The van der Waals surface area contributed by atoms with E-state index in [0.29, 0.717) is 15.2 Å². The number of nitrogen functional groups attached to an aromatic ring is 1. The van der Waals surface area contributed by atoms with Crippen LogP contribution in [-0.4, -0.2) is 13.4 Å². The maximum atomic E-state index is 12.1. The number of benzene rings is 1. The number of hydrogen-bond donors (Lipinski definition) is 2. The van der Waals surface area contributed by atoms with E-state index in [1.807, 2.05) is 0 Å². The van der Waals surface area contributed by atoms with E-state index in [-0.39, 0.29) is 10.7 Å². The Kier molecular flexibility index (Phi) is 3.98. The quantitative estimate of drug-likeness (QED) is 0.822. The molecule has 2 rings (SSSR count). The van der Waals surface area contributed by atoms with Crippen molar-refractivity contribution in [3.63, 3.8) is 0 Å². The van der Waals surface area contributed by atoms with Gasteiger partial charge in [0.25, 0.3) is 10.0 Å². The van der Waals surface area contributed by atoms with Crippen molar-refractivity contribution in [3.05, 3.63) is 46.0 Å². The van der Waals surface area contributed by atoms with Crippen LogP contribution in [0.15, 0.2) is 45.9 Å². The summed E-state index contributed by atoms with van der Waals surface area (Å²) >= 11 is 8.97. The number of nitrogens with one attached hydrogen (secondary N) is 1. The van der Waals surface area contributed by atoms with Crippen LogP contribution in [0.1, 0.15) is 0 Å². The molecule has 100 valence electrons. The van der Waals surface area contributed by atoms with Gasteiger partial charge in [-0.05, 0) is 40.2 Å². The fraction of sp³-hybridized carbons (Fsp3) is 0. The number of nitrogens with zero attached hydrogens (tertiary/aromatic N) is 1. The summed E-state index contributed by atoms with van der Waals surface area (Å²) in [6.45, 7) is 0. The maximum absolute atomic E-state index is 12.1. The Hall–Kier alpha value is -1.31. The molecule has 2 aromatic rings. The Labute approximate surface area is 124 Å². The highest BCUT2D eigenvalue weighted by Crippen LogP contribution is 2.24. The molecule has 0 aliphatic rings. The summed E-state index contributed by atoms with van der Waals surface area (Å²) in [6.07, 6.45) is 1.41. The first-order chi connectivity index (χ1) is 8.88. The second kappa shape index (κ2) is 5.36. The normalized spacial score (nSPS) is 11.3. The summed E-state index contributed by atoms with van der Waals surface area (Å²) in [6, 6.07) is 7.33. The number of nitrogens with two attached hydrogens (primary N) is 1. The van der Waals surface area contributed by atoms with E-state index in [2.05, 4.69) is 25.6 Å². The predicted molar refractivity (Wildman–Crippen MR) is 78.6 cm³/mol. The van der Waals surface area contributed by atoms with Crippen molar-refractivity contribution in [1.82, 2.24) is 4.98 Å². The zero-order valence-electron chi connectivity index (χ0n) is 9.47. The Bertz CT molecular complexity index is 722. The van der Waals surface area contributed by atoms with Gasteiger partial charge in [0.05, 0.1) is 4.90 Å². The highest BCUT2D eigenvalue weighted by molar-refractivity contribution is 9.10. The van der Waals surface area contributed by atoms with Crippen molar-refractivity contribution in [2.24, 2.45) is 0 Å². The molecule has 0 bridgehead atoms. The van der Waals surface area contributed by atoms with Gasteiger partial charge in [-0.2, -0.15) is 0 Å². The smallest absolute Gasteiger partial charge is 0.263 e. The number of hydrogen-bond acceptors (Lipinski definition) is 4. The fourth-order valence-electron chi connectivity index (χ4n) is 1.35. The van der Waals surface area contributed by atoms with E-state index in [4.69, 9.17) is 17.3 Å². The Morgan fingerprint density at radius 2 is 2.00 bits per heavy atom. The highest BCUT2D eigenvalue weighted by atomic mass is 79.9. The van der Waals surface area contributed by atoms with Gasteiger partial charge in [0.2, 0.25) is 0 Å². The van der Waals surface area contributed by atoms with Crippen molar-refractivity contribution in [1.29, 1.82) is 0 Å². The van der Waals surface area contributed by atoms with E-state index in [1.54, 1.807) is 12.1 Å². The van der Waals surface area contributed by atoms with Crippen LogP contribution in [0.3, 0.4) is 0 Å². The van der Waals surface area contributed by atoms with Crippen molar-refractivity contribution >= 4 is 49.1 Å². The average Bonchev–Trinajstić information content (AvgIpc) is 2.32. The minimum atomic E-state index is -3.74. The van der Waals surface area contributed by atoms with Crippen molar-refractivity contribution in [2.45, 2.75) is 4.90 Å². The molecular weight excluding hydrogens is 354 g/mol. The topological polar surface area (TPSA) is 85.1 Å². The van der Waals surface area contributed by atoms with Crippen molar-refractivity contribution in [3.8, 4) is 0 Å². The van der Waals surface area contributed by atoms with Gasteiger partial charge in [-0.25, -0.2) is 13.4 Å². The largest absolute Gasteiger partial charge is 0.398 e. The van der Waals surface area contributed by atoms with Gasteiger partial charge in [-0.15, -0.1) is 0 Å². The zero-order chi connectivity index (χ0) is 14.0. The molecule has 0 aliphatic carbocycles. The number of aromatic nitrogens is 1. The lowest BCUT2D eigenvalue weighted by atomic mass is 10.3. The minimum Gasteiger partial charge on any atom is -0.398 e. The van der Waals surface area contributed by atoms with E-state index in [1.165, 1.54) is 24.4 Å². The van der Waals surface area contributed by atoms with Crippen LogP contribution in [0, 0.1) is 0 Å². The third-order valence-electron chi connectivity index (χ3n) is 2.24. The first-order valence-electron chi connectivity index (χ1n) is 5.08. The molecule has 3 N–H and O–H groups in total. The minimum absolute atomic E-state index is 0.0509.